The first-order chi connectivity index (χ1) is 6.97. The molecule has 82 valence electrons. The number of halogens is 4. The third-order valence-corrected chi connectivity index (χ3v) is 2.07. The van der Waals surface area contributed by atoms with Gasteiger partial charge in [-0.15, -0.1) is 11.6 Å². The monoisotopic (exact) mass is 256 g/mol. The fraction of sp³-hybridized carbons (Fsp3) is 0.286. The molecule has 1 aromatic heterocycles. The minimum atomic E-state index is -3.01. The molecule has 0 radical (unpaired) electrons. The zero-order chi connectivity index (χ0) is 11.6. The van der Waals surface area contributed by atoms with Gasteiger partial charge in [-0.25, -0.2) is 13.8 Å². The molecule has 0 aliphatic rings. The standard InChI is InChI=1S/C7H4Cl2F2N2O2/c8-2-3-6(7(10)11)4(13(14)15)1-5(9)12-3/h1,7H,2H2. The summed E-state index contributed by atoms with van der Waals surface area (Å²) in [6.07, 6.45) is -3.01. The Balaban J connectivity index is 3.47. The summed E-state index contributed by atoms with van der Waals surface area (Å²) in [6, 6.07) is 0.777. The van der Waals surface area contributed by atoms with Crippen LogP contribution >= 0.6 is 23.2 Å². The van der Waals surface area contributed by atoms with Crippen molar-refractivity contribution >= 4 is 28.9 Å². The number of hydrogen-bond acceptors (Lipinski definition) is 3. The van der Waals surface area contributed by atoms with Gasteiger partial charge in [0.05, 0.1) is 22.6 Å². The highest BCUT2D eigenvalue weighted by Gasteiger charge is 2.27. The van der Waals surface area contributed by atoms with Gasteiger partial charge in [-0.2, -0.15) is 0 Å². The number of rotatable bonds is 3. The molecule has 4 nitrogen and oxygen atoms in total. The van der Waals surface area contributed by atoms with E-state index in [4.69, 9.17) is 23.2 Å². The lowest BCUT2D eigenvalue weighted by molar-refractivity contribution is -0.386. The fourth-order valence-corrected chi connectivity index (χ4v) is 1.46. The van der Waals surface area contributed by atoms with E-state index in [1.54, 1.807) is 0 Å². The third kappa shape index (κ3) is 2.51. The quantitative estimate of drug-likeness (QED) is 0.361. The molecule has 0 aliphatic heterocycles. The Labute approximate surface area is 93.0 Å². The molecule has 1 heterocycles. The Morgan fingerprint density at radius 3 is 2.60 bits per heavy atom. The maximum Gasteiger partial charge on any atom is 0.283 e. The van der Waals surface area contributed by atoms with Crippen molar-refractivity contribution in [2.24, 2.45) is 0 Å². The number of nitro groups is 1. The summed E-state index contributed by atoms with van der Waals surface area (Å²) in [5.74, 6) is -0.360. The smallest absolute Gasteiger partial charge is 0.258 e. The Kier molecular flexibility index (Phi) is 3.76. The first-order valence-corrected chi connectivity index (χ1v) is 4.56. The van der Waals surface area contributed by atoms with Crippen molar-refractivity contribution in [1.29, 1.82) is 0 Å². The van der Waals surface area contributed by atoms with E-state index in [1.807, 2.05) is 0 Å². The highest BCUT2D eigenvalue weighted by atomic mass is 35.5. The highest BCUT2D eigenvalue weighted by molar-refractivity contribution is 6.29. The van der Waals surface area contributed by atoms with Gasteiger partial charge < -0.3 is 0 Å². The zero-order valence-corrected chi connectivity index (χ0v) is 8.60. The van der Waals surface area contributed by atoms with Crippen molar-refractivity contribution in [3.8, 4) is 0 Å². The molecular weight excluding hydrogens is 253 g/mol. The predicted molar refractivity (Wildman–Crippen MR) is 50.4 cm³/mol. The summed E-state index contributed by atoms with van der Waals surface area (Å²) in [5.41, 5.74) is -1.81. The minimum absolute atomic E-state index is 0.234. The molecule has 0 N–H and O–H groups in total. The maximum atomic E-state index is 12.5. The van der Waals surface area contributed by atoms with E-state index in [2.05, 4.69) is 4.98 Å². The second-order valence-electron chi connectivity index (χ2n) is 2.52. The van der Waals surface area contributed by atoms with Crippen LogP contribution in [-0.4, -0.2) is 9.91 Å². The van der Waals surface area contributed by atoms with Gasteiger partial charge in [-0.3, -0.25) is 10.1 Å². The Morgan fingerprint density at radius 1 is 1.60 bits per heavy atom. The lowest BCUT2D eigenvalue weighted by atomic mass is 10.2. The second-order valence-corrected chi connectivity index (χ2v) is 3.17. The van der Waals surface area contributed by atoms with E-state index >= 15 is 0 Å². The first kappa shape index (κ1) is 12.1. The lowest BCUT2D eigenvalue weighted by Crippen LogP contribution is -2.03. The van der Waals surface area contributed by atoms with Crippen LogP contribution in [0.15, 0.2) is 6.07 Å². The highest BCUT2D eigenvalue weighted by Crippen LogP contribution is 2.33. The molecule has 1 aromatic rings. The molecule has 0 unspecified atom stereocenters. The number of nitrogens with zero attached hydrogens (tertiary/aromatic N) is 2. The van der Waals surface area contributed by atoms with E-state index in [1.165, 1.54) is 0 Å². The van der Waals surface area contributed by atoms with Crippen LogP contribution in [0.25, 0.3) is 0 Å². The van der Waals surface area contributed by atoms with Gasteiger partial charge in [-0.1, -0.05) is 11.6 Å². The van der Waals surface area contributed by atoms with Crippen molar-refractivity contribution in [3.05, 3.63) is 32.6 Å². The molecule has 0 saturated carbocycles. The summed E-state index contributed by atoms with van der Waals surface area (Å²) in [6.45, 7) is 0. The molecule has 0 fully saturated rings. The van der Waals surface area contributed by atoms with Crippen LogP contribution in [0, 0.1) is 10.1 Å². The van der Waals surface area contributed by atoms with E-state index < -0.39 is 22.6 Å². The Morgan fingerprint density at radius 2 is 2.20 bits per heavy atom. The summed E-state index contributed by atoms with van der Waals surface area (Å²) < 4.78 is 25.0. The number of alkyl halides is 3. The van der Waals surface area contributed by atoms with E-state index in [9.17, 15) is 18.9 Å². The summed E-state index contributed by atoms with van der Waals surface area (Å²) in [7, 11) is 0. The fourth-order valence-electron chi connectivity index (χ4n) is 1.05. The van der Waals surface area contributed by atoms with E-state index in [-0.39, 0.29) is 16.7 Å². The van der Waals surface area contributed by atoms with Crippen LogP contribution in [0.3, 0.4) is 0 Å². The molecule has 8 heteroatoms. The molecule has 0 aromatic carbocycles. The minimum Gasteiger partial charge on any atom is -0.258 e. The van der Waals surface area contributed by atoms with Crippen molar-refractivity contribution < 1.29 is 13.7 Å². The average molecular weight is 257 g/mol. The Bertz CT molecular complexity index is 401. The lowest BCUT2D eigenvalue weighted by Gasteiger charge is -2.06. The average Bonchev–Trinajstić information content (AvgIpc) is 2.15. The first-order valence-electron chi connectivity index (χ1n) is 3.65. The molecular formula is C7H4Cl2F2N2O2. The van der Waals surface area contributed by atoms with Gasteiger partial charge >= 0.3 is 0 Å². The van der Waals surface area contributed by atoms with Crippen LogP contribution in [0.4, 0.5) is 14.5 Å². The molecule has 0 atom stereocenters. The van der Waals surface area contributed by atoms with Crippen molar-refractivity contribution in [2.75, 3.05) is 0 Å². The largest absolute Gasteiger partial charge is 0.283 e. The van der Waals surface area contributed by atoms with Crippen LogP contribution in [0.5, 0.6) is 0 Å². The van der Waals surface area contributed by atoms with Crippen LogP contribution in [0.2, 0.25) is 5.15 Å². The van der Waals surface area contributed by atoms with Gasteiger partial charge in [0.15, 0.2) is 0 Å². The van der Waals surface area contributed by atoms with Gasteiger partial charge in [0.2, 0.25) is 0 Å². The van der Waals surface area contributed by atoms with Crippen molar-refractivity contribution in [2.45, 2.75) is 12.3 Å². The maximum absolute atomic E-state index is 12.5. The number of aromatic nitrogens is 1. The predicted octanol–water partition coefficient (Wildman–Crippen LogP) is 3.32. The molecule has 0 aliphatic carbocycles. The number of pyridine rings is 1. The molecule has 15 heavy (non-hydrogen) atoms. The second kappa shape index (κ2) is 4.67. The molecule has 1 rings (SSSR count). The SMILES string of the molecule is O=[N+]([O-])c1cc(Cl)nc(CCl)c1C(F)F. The van der Waals surface area contributed by atoms with E-state index in [0.717, 1.165) is 6.07 Å². The topological polar surface area (TPSA) is 56.0 Å². The molecule has 0 spiro atoms. The van der Waals surface area contributed by atoms with E-state index in [0.29, 0.717) is 0 Å². The van der Waals surface area contributed by atoms with Gasteiger partial charge in [0, 0.05) is 0 Å². The van der Waals surface area contributed by atoms with Crippen molar-refractivity contribution in [3.63, 3.8) is 0 Å². The van der Waals surface area contributed by atoms with Crippen LogP contribution in [-0.2, 0) is 5.88 Å². The number of hydrogen-bond donors (Lipinski definition) is 0. The summed E-state index contributed by atoms with van der Waals surface area (Å²) >= 11 is 10.8. The van der Waals surface area contributed by atoms with Crippen molar-refractivity contribution in [1.82, 2.24) is 4.98 Å². The molecule has 0 bridgehead atoms. The zero-order valence-electron chi connectivity index (χ0n) is 7.08. The summed E-state index contributed by atoms with van der Waals surface area (Å²) in [5, 5.41) is 10.3. The third-order valence-electron chi connectivity index (χ3n) is 1.63. The molecule has 0 saturated heterocycles. The molecule has 0 amide bonds. The van der Waals surface area contributed by atoms with Gasteiger partial charge in [0.25, 0.3) is 12.1 Å². The normalized spacial score (nSPS) is 10.7. The summed E-state index contributed by atoms with van der Waals surface area (Å²) in [4.78, 5) is 13.1. The Hall–Kier alpha value is -1.01. The van der Waals surface area contributed by atoms with Crippen LogP contribution < -0.4 is 0 Å². The van der Waals surface area contributed by atoms with Gasteiger partial charge in [-0.05, 0) is 0 Å². The van der Waals surface area contributed by atoms with Crippen LogP contribution in [0.1, 0.15) is 17.7 Å². The van der Waals surface area contributed by atoms with Gasteiger partial charge in [0.1, 0.15) is 10.7 Å².